The molecule has 7 heteroatoms. The van der Waals surface area contributed by atoms with Crippen molar-refractivity contribution in [2.45, 2.75) is 11.8 Å². The lowest BCUT2D eigenvalue weighted by Gasteiger charge is -2.40. The monoisotopic (exact) mass is 296 g/mol. The number of rotatable bonds is 1. The standard InChI is InChI=1S/C7H6BrF5S/c1-5-4-6(2-3-7(5)8)14(9,10,11,12)13/h2-4H,1H3. The van der Waals surface area contributed by atoms with Crippen LogP contribution >= 0.6 is 26.2 Å². The average Bonchev–Trinajstić information content (AvgIpc) is 1.89. The van der Waals surface area contributed by atoms with E-state index in [0.717, 1.165) is 6.07 Å². The van der Waals surface area contributed by atoms with Gasteiger partial charge in [-0.1, -0.05) is 35.4 Å². The zero-order chi connectivity index (χ0) is 11.3. The van der Waals surface area contributed by atoms with Crippen molar-refractivity contribution in [3.63, 3.8) is 0 Å². The van der Waals surface area contributed by atoms with Gasteiger partial charge in [0.2, 0.25) is 0 Å². The number of benzene rings is 1. The van der Waals surface area contributed by atoms with Crippen LogP contribution in [0.5, 0.6) is 0 Å². The van der Waals surface area contributed by atoms with Crippen LogP contribution in [0.4, 0.5) is 19.4 Å². The smallest absolute Gasteiger partial charge is 0.0936 e. The first-order chi connectivity index (χ1) is 5.90. The lowest BCUT2D eigenvalue weighted by Crippen LogP contribution is -2.06. The van der Waals surface area contributed by atoms with Gasteiger partial charge in [-0.3, -0.25) is 0 Å². The van der Waals surface area contributed by atoms with Crippen molar-refractivity contribution in [1.29, 1.82) is 0 Å². The van der Waals surface area contributed by atoms with Crippen molar-refractivity contribution in [1.82, 2.24) is 0 Å². The fourth-order valence-corrected chi connectivity index (χ4v) is 1.83. The maximum absolute atomic E-state index is 12.2. The predicted octanol–water partition coefficient (Wildman–Crippen LogP) is 5.41. The average molecular weight is 297 g/mol. The van der Waals surface area contributed by atoms with Gasteiger partial charge in [-0.15, -0.1) is 0 Å². The Hall–Kier alpha value is -0.300. The van der Waals surface area contributed by atoms with E-state index in [2.05, 4.69) is 15.9 Å². The largest absolute Gasteiger partial charge is 0.310 e. The predicted molar refractivity (Wildman–Crippen MR) is 50.3 cm³/mol. The minimum Gasteiger partial charge on any atom is -0.0936 e. The third-order valence-electron chi connectivity index (χ3n) is 1.57. The molecule has 0 aliphatic heterocycles. The molecule has 0 atom stereocenters. The summed E-state index contributed by atoms with van der Waals surface area (Å²) in [7, 11) is -9.51. The first kappa shape index (κ1) is 11.8. The van der Waals surface area contributed by atoms with Crippen LogP contribution in [0.25, 0.3) is 0 Å². The summed E-state index contributed by atoms with van der Waals surface area (Å²) in [5, 5.41) is 0. The van der Waals surface area contributed by atoms with E-state index in [-0.39, 0.29) is 5.56 Å². The molecule has 0 unspecified atom stereocenters. The van der Waals surface area contributed by atoms with E-state index in [1.54, 1.807) is 0 Å². The number of halogens is 6. The molecular weight excluding hydrogens is 291 g/mol. The molecule has 0 N–H and O–H groups in total. The third-order valence-corrected chi connectivity index (χ3v) is 3.61. The van der Waals surface area contributed by atoms with E-state index in [4.69, 9.17) is 0 Å². The van der Waals surface area contributed by atoms with Gasteiger partial charge in [0.1, 0.15) is 4.90 Å². The Morgan fingerprint density at radius 2 is 1.57 bits per heavy atom. The highest BCUT2D eigenvalue weighted by molar-refractivity contribution is 9.10. The normalized spacial score (nSPS) is 17.4. The molecule has 0 aromatic heterocycles. The molecule has 0 amide bonds. The molecule has 14 heavy (non-hydrogen) atoms. The zero-order valence-corrected chi connectivity index (χ0v) is 9.31. The van der Waals surface area contributed by atoms with Crippen molar-refractivity contribution in [2.75, 3.05) is 0 Å². The molecule has 0 saturated heterocycles. The first-order valence-electron chi connectivity index (χ1n) is 3.40. The molecule has 82 valence electrons. The van der Waals surface area contributed by atoms with Crippen LogP contribution in [0.2, 0.25) is 0 Å². The van der Waals surface area contributed by atoms with Crippen LogP contribution in [0, 0.1) is 6.92 Å². The third kappa shape index (κ3) is 2.60. The first-order valence-corrected chi connectivity index (χ1v) is 6.15. The van der Waals surface area contributed by atoms with Gasteiger partial charge in [-0.05, 0) is 30.7 Å². The fourth-order valence-electron chi connectivity index (χ4n) is 0.857. The van der Waals surface area contributed by atoms with Crippen LogP contribution in [0.15, 0.2) is 27.6 Å². The van der Waals surface area contributed by atoms with Gasteiger partial charge in [0.05, 0.1) is 0 Å². The zero-order valence-electron chi connectivity index (χ0n) is 6.91. The molecule has 1 rings (SSSR count). The van der Waals surface area contributed by atoms with Crippen molar-refractivity contribution < 1.29 is 19.4 Å². The molecule has 0 fully saturated rings. The summed E-state index contributed by atoms with van der Waals surface area (Å²) >= 11 is 2.93. The Kier molecular flexibility index (Phi) is 2.05. The van der Waals surface area contributed by atoms with Gasteiger partial charge in [0.15, 0.2) is 0 Å². The Morgan fingerprint density at radius 1 is 1.07 bits per heavy atom. The van der Waals surface area contributed by atoms with E-state index in [0.29, 0.717) is 16.6 Å². The number of aryl methyl sites for hydroxylation is 1. The fraction of sp³-hybridized carbons (Fsp3) is 0.143. The van der Waals surface area contributed by atoms with Crippen molar-refractivity contribution in [3.05, 3.63) is 28.2 Å². The van der Waals surface area contributed by atoms with Gasteiger partial charge in [0, 0.05) is 4.47 Å². The molecule has 0 bridgehead atoms. The Bertz CT molecular complexity index is 382. The van der Waals surface area contributed by atoms with Gasteiger partial charge in [-0.25, -0.2) is 0 Å². The highest BCUT2D eigenvalue weighted by Crippen LogP contribution is 3.02. The molecule has 0 aliphatic rings. The quantitative estimate of drug-likeness (QED) is 0.607. The summed E-state index contributed by atoms with van der Waals surface area (Å²) in [6.07, 6.45) is 0. The van der Waals surface area contributed by atoms with Gasteiger partial charge < -0.3 is 0 Å². The van der Waals surface area contributed by atoms with E-state index >= 15 is 0 Å². The topological polar surface area (TPSA) is 0 Å². The van der Waals surface area contributed by atoms with Crippen molar-refractivity contribution in [2.24, 2.45) is 0 Å². The SMILES string of the molecule is Cc1cc(S(F)(F)(F)(F)F)ccc1Br. The second-order valence-electron chi connectivity index (χ2n) is 2.88. The molecule has 1 aromatic carbocycles. The van der Waals surface area contributed by atoms with Crippen LogP contribution in [0.1, 0.15) is 5.56 Å². The molecule has 0 heterocycles. The minimum absolute atomic E-state index is 0.121. The van der Waals surface area contributed by atoms with Gasteiger partial charge >= 0.3 is 10.2 Å². The highest BCUT2D eigenvalue weighted by Gasteiger charge is 2.65. The summed E-state index contributed by atoms with van der Waals surface area (Å²) in [5.74, 6) is 0. The van der Waals surface area contributed by atoms with E-state index < -0.39 is 15.1 Å². The molecule has 0 radical (unpaired) electrons. The number of hydrogen-bond acceptors (Lipinski definition) is 0. The van der Waals surface area contributed by atoms with Gasteiger partial charge in [0.25, 0.3) is 0 Å². The molecule has 0 aliphatic carbocycles. The number of hydrogen-bond donors (Lipinski definition) is 0. The molecule has 1 aromatic rings. The lowest BCUT2D eigenvalue weighted by atomic mass is 10.2. The summed E-state index contributed by atoms with van der Waals surface area (Å²) in [4.78, 5) is -1.86. The highest BCUT2D eigenvalue weighted by atomic mass is 79.9. The van der Waals surface area contributed by atoms with Crippen molar-refractivity contribution in [3.8, 4) is 0 Å². The second kappa shape index (κ2) is 2.44. The van der Waals surface area contributed by atoms with Crippen LogP contribution in [0.3, 0.4) is 0 Å². The Labute approximate surface area is 86.0 Å². The van der Waals surface area contributed by atoms with Gasteiger partial charge in [-0.2, -0.15) is 0 Å². The van der Waals surface area contributed by atoms with Crippen LogP contribution in [-0.4, -0.2) is 0 Å². The van der Waals surface area contributed by atoms with E-state index in [1.807, 2.05) is 0 Å². The molecular formula is C7H6BrF5S. The maximum Gasteiger partial charge on any atom is 0.310 e. The lowest BCUT2D eigenvalue weighted by molar-refractivity contribution is 0.364. The summed E-state index contributed by atoms with van der Waals surface area (Å²) in [5.41, 5.74) is 0.121. The maximum atomic E-state index is 12.2. The van der Waals surface area contributed by atoms with Crippen LogP contribution in [-0.2, 0) is 0 Å². The summed E-state index contributed by atoms with van der Waals surface area (Å²) in [6, 6.07) is 1.77. The Balaban J connectivity index is 3.45. The Morgan fingerprint density at radius 3 is 1.93 bits per heavy atom. The van der Waals surface area contributed by atoms with Crippen molar-refractivity contribution >= 4 is 26.2 Å². The summed E-state index contributed by atoms with van der Waals surface area (Å²) < 4.78 is 61.6. The van der Waals surface area contributed by atoms with Crippen LogP contribution < -0.4 is 0 Å². The van der Waals surface area contributed by atoms with E-state index in [1.165, 1.54) is 6.92 Å². The second-order valence-corrected chi connectivity index (χ2v) is 6.14. The van der Waals surface area contributed by atoms with E-state index in [9.17, 15) is 19.4 Å². The molecule has 0 nitrogen and oxygen atoms in total. The minimum atomic E-state index is -9.51. The molecule has 0 spiro atoms. The molecule has 0 saturated carbocycles. The summed E-state index contributed by atoms with van der Waals surface area (Å²) in [6.45, 7) is 1.32.